The molecule has 1 amide bonds. The van der Waals surface area contributed by atoms with Crippen LogP contribution in [0.2, 0.25) is 0 Å². The molecule has 4 heteroatoms. The molecule has 1 saturated heterocycles. The summed E-state index contributed by atoms with van der Waals surface area (Å²) in [5, 5.41) is 3.26. The van der Waals surface area contributed by atoms with Gasteiger partial charge in [-0.2, -0.15) is 0 Å². The van der Waals surface area contributed by atoms with Crippen LogP contribution in [-0.4, -0.2) is 62.0 Å². The molecule has 2 aliphatic rings. The standard InChI is InChI=1S/C16H31N3O/c1-17-11-14-7-6-10-19(12-14)13-16(20)18(2)15-8-4-3-5-9-15/h14-15,17H,3-13H2,1-2H3. The molecule has 0 spiro atoms. The molecule has 1 saturated carbocycles. The molecule has 1 heterocycles. The van der Waals surface area contributed by atoms with Crippen molar-refractivity contribution < 1.29 is 4.79 Å². The second-order valence-electron chi connectivity index (χ2n) is 6.60. The van der Waals surface area contributed by atoms with Gasteiger partial charge in [-0.25, -0.2) is 0 Å². The smallest absolute Gasteiger partial charge is 0.236 e. The van der Waals surface area contributed by atoms with Crippen LogP contribution in [0.4, 0.5) is 0 Å². The van der Waals surface area contributed by atoms with E-state index >= 15 is 0 Å². The molecule has 4 nitrogen and oxygen atoms in total. The Morgan fingerprint density at radius 3 is 2.65 bits per heavy atom. The maximum atomic E-state index is 12.4. The number of nitrogens with zero attached hydrogens (tertiary/aromatic N) is 2. The summed E-state index contributed by atoms with van der Waals surface area (Å²) >= 11 is 0. The minimum Gasteiger partial charge on any atom is -0.342 e. The fourth-order valence-electron chi connectivity index (χ4n) is 3.72. The average Bonchev–Trinajstić information content (AvgIpc) is 2.48. The maximum Gasteiger partial charge on any atom is 0.236 e. The van der Waals surface area contributed by atoms with Crippen molar-refractivity contribution in [2.24, 2.45) is 5.92 Å². The first-order valence-electron chi connectivity index (χ1n) is 8.33. The Kier molecular flexibility index (Phi) is 6.30. The molecule has 1 atom stereocenters. The lowest BCUT2D eigenvalue weighted by Crippen LogP contribution is -2.47. The number of hydrogen-bond acceptors (Lipinski definition) is 3. The van der Waals surface area contributed by atoms with Gasteiger partial charge in [0, 0.05) is 19.6 Å². The molecule has 0 aromatic heterocycles. The van der Waals surface area contributed by atoms with Gasteiger partial charge in [0.2, 0.25) is 5.91 Å². The summed E-state index contributed by atoms with van der Waals surface area (Å²) < 4.78 is 0. The van der Waals surface area contributed by atoms with Crippen LogP contribution >= 0.6 is 0 Å². The van der Waals surface area contributed by atoms with Gasteiger partial charge in [-0.05, 0) is 51.7 Å². The van der Waals surface area contributed by atoms with Crippen LogP contribution in [0.1, 0.15) is 44.9 Å². The molecular formula is C16H31N3O. The van der Waals surface area contributed by atoms with Gasteiger partial charge in [-0.1, -0.05) is 19.3 Å². The second kappa shape index (κ2) is 7.99. The van der Waals surface area contributed by atoms with Crippen LogP contribution in [-0.2, 0) is 4.79 Å². The summed E-state index contributed by atoms with van der Waals surface area (Å²) in [6.45, 7) is 3.85. The number of nitrogens with one attached hydrogen (secondary N) is 1. The van der Waals surface area contributed by atoms with Crippen molar-refractivity contribution >= 4 is 5.91 Å². The van der Waals surface area contributed by atoms with Gasteiger partial charge in [0.25, 0.3) is 0 Å². The summed E-state index contributed by atoms with van der Waals surface area (Å²) in [5.41, 5.74) is 0. The molecule has 0 aromatic carbocycles. The molecule has 2 fully saturated rings. The van der Waals surface area contributed by atoms with Crippen molar-refractivity contribution in [3.63, 3.8) is 0 Å². The molecule has 1 unspecified atom stereocenters. The van der Waals surface area contributed by atoms with Crippen LogP contribution in [0.3, 0.4) is 0 Å². The first-order valence-corrected chi connectivity index (χ1v) is 8.33. The maximum absolute atomic E-state index is 12.4. The fourth-order valence-corrected chi connectivity index (χ4v) is 3.72. The lowest BCUT2D eigenvalue weighted by Gasteiger charge is -2.36. The van der Waals surface area contributed by atoms with Gasteiger partial charge in [0.05, 0.1) is 6.54 Å². The van der Waals surface area contributed by atoms with Gasteiger partial charge in [-0.3, -0.25) is 9.69 Å². The van der Waals surface area contributed by atoms with E-state index in [0.717, 1.165) is 19.6 Å². The first kappa shape index (κ1) is 15.8. The summed E-state index contributed by atoms with van der Waals surface area (Å²) in [6, 6.07) is 0.495. The Balaban J connectivity index is 1.77. The Morgan fingerprint density at radius 2 is 1.95 bits per heavy atom. The molecule has 20 heavy (non-hydrogen) atoms. The van der Waals surface area contributed by atoms with E-state index in [0.29, 0.717) is 24.4 Å². The lowest BCUT2D eigenvalue weighted by molar-refractivity contribution is -0.134. The van der Waals surface area contributed by atoms with E-state index in [1.54, 1.807) is 0 Å². The predicted molar refractivity (Wildman–Crippen MR) is 82.7 cm³/mol. The number of carbonyl (C=O) groups excluding carboxylic acids is 1. The van der Waals surface area contributed by atoms with E-state index in [9.17, 15) is 4.79 Å². The number of carbonyl (C=O) groups is 1. The Labute approximate surface area is 123 Å². The molecule has 1 N–H and O–H groups in total. The van der Waals surface area contributed by atoms with Crippen molar-refractivity contribution in [3.8, 4) is 0 Å². The summed E-state index contributed by atoms with van der Waals surface area (Å²) in [6.07, 6.45) is 8.84. The largest absolute Gasteiger partial charge is 0.342 e. The number of likely N-dealkylation sites (N-methyl/N-ethyl adjacent to an activating group) is 1. The number of likely N-dealkylation sites (tertiary alicyclic amines) is 1. The number of amides is 1. The van der Waals surface area contributed by atoms with Gasteiger partial charge >= 0.3 is 0 Å². The predicted octanol–water partition coefficient (Wildman–Crippen LogP) is 1.71. The monoisotopic (exact) mass is 281 g/mol. The quantitative estimate of drug-likeness (QED) is 0.833. The third-order valence-electron chi connectivity index (χ3n) is 4.97. The highest BCUT2D eigenvalue weighted by atomic mass is 16.2. The summed E-state index contributed by atoms with van der Waals surface area (Å²) in [4.78, 5) is 16.8. The first-order chi connectivity index (χ1) is 9.70. The van der Waals surface area contributed by atoms with Gasteiger partial charge in [-0.15, -0.1) is 0 Å². The SMILES string of the molecule is CNCC1CCCN(CC(=O)N(C)C2CCCCC2)C1. The molecule has 1 aliphatic carbocycles. The third kappa shape index (κ3) is 4.45. The Morgan fingerprint density at radius 1 is 1.20 bits per heavy atom. The van der Waals surface area contributed by atoms with Crippen molar-refractivity contribution in [1.82, 2.24) is 15.1 Å². The Hall–Kier alpha value is -0.610. The minimum atomic E-state index is 0.321. The molecule has 2 rings (SSSR count). The van der Waals surface area contributed by atoms with Crippen molar-refractivity contribution in [1.29, 1.82) is 0 Å². The molecule has 1 aliphatic heterocycles. The third-order valence-corrected chi connectivity index (χ3v) is 4.97. The van der Waals surface area contributed by atoms with Crippen LogP contribution in [0.5, 0.6) is 0 Å². The highest BCUT2D eigenvalue weighted by Gasteiger charge is 2.25. The zero-order valence-corrected chi connectivity index (χ0v) is 13.2. The second-order valence-corrected chi connectivity index (χ2v) is 6.60. The topological polar surface area (TPSA) is 35.6 Å². The summed E-state index contributed by atoms with van der Waals surface area (Å²) in [7, 11) is 4.02. The molecule has 0 bridgehead atoms. The van der Waals surface area contributed by atoms with Crippen LogP contribution in [0.15, 0.2) is 0 Å². The Bertz CT molecular complexity index is 300. The van der Waals surface area contributed by atoms with Gasteiger partial charge < -0.3 is 10.2 Å². The van der Waals surface area contributed by atoms with Crippen LogP contribution in [0, 0.1) is 5.92 Å². The lowest BCUT2D eigenvalue weighted by atomic mass is 9.94. The highest BCUT2D eigenvalue weighted by Crippen LogP contribution is 2.22. The van der Waals surface area contributed by atoms with Crippen LogP contribution in [0.25, 0.3) is 0 Å². The van der Waals surface area contributed by atoms with Gasteiger partial charge in [0.1, 0.15) is 0 Å². The van der Waals surface area contributed by atoms with E-state index < -0.39 is 0 Å². The van der Waals surface area contributed by atoms with Crippen molar-refractivity contribution in [3.05, 3.63) is 0 Å². The minimum absolute atomic E-state index is 0.321. The molecule has 0 aromatic rings. The average molecular weight is 281 g/mol. The van der Waals surface area contributed by atoms with Crippen molar-refractivity contribution in [2.75, 3.05) is 40.3 Å². The zero-order chi connectivity index (χ0) is 14.4. The van der Waals surface area contributed by atoms with E-state index in [2.05, 4.69) is 10.2 Å². The fraction of sp³-hybridized carbons (Fsp3) is 0.938. The van der Waals surface area contributed by atoms with Crippen molar-refractivity contribution in [2.45, 2.75) is 51.0 Å². The van der Waals surface area contributed by atoms with E-state index in [1.807, 2.05) is 19.0 Å². The van der Waals surface area contributed by atoms with E-state index in [4.69, 9.17) is 0 Å². The molecule has 0 radical (unpaired) electrons. The molecular weight excluding hydrogens is 250 g/mol. The van der Waals surface area contributed by atoms with Crippen LogP contribution < -0.4 is 5.32 Å². The number of piperidine rings is 1. The number of hydrogen-bond donors (Lipinski definition) is 1. The van der Waals surface area contributed by atoms with Gasteiger partial charge in [0.15, 0.2) is 0 Å². The zero-order valence-electron chi connectivity index (χ0n) is 13.2. The van der Waals surface area contributed by atoms with E-state index in [1.165, 1.54) is 44.9 Å². The highest BCUT2D eigenvalue weighted by molar-refractivity contribution is 5.78. The normalized spacial score (nSPS) is 25.6. The number of rotatable bonds is 5. The molecule has 116 valence electrons. The summed E-state index contributed by atoms with van der Waals surface area (Å²) in [5.74, 6) is 1.03. The van der Waals surface area contributed by atoms with E-state index in [-0.39, 0.29) is 0 Å².